The summed E-state index contributed by atoms with van der Waals surface area (Å²) in [4.78, 5) is 12.1. The second-order valence-corrected chi connectivity index (χ2v) is 2.31. The Labute approximate surface area is 75.5 Å². The van der Waals surface area contributed by atoms with Gasteiger partial charge in [-0.2, -0.15) is 4.39 Å². The van der Waals surface area contributed by atoms with Crippen molar-refractivity contribution >= 4 is 11.5 Å². The lowest BCUT2D eigenvalue weighted by atomic mass is 10.2. The lowest BCUT2D eigenvalue weighted by Gasteiger charge is -2.04. The largest absolute Gasteiger partial charge is 0.383 e. The first-order valence-corrected chi connectivity index (χ1v) is 3.31. The number of nitrogens with zero attached hydrogens (tertiary/aromatic N) is 2. The van der Waals surface area contributed by atoms with Crippen LogP contribution in [0.4, 0.5) is 24.7 Å². The summed E-state index contributed by atoms with van der Waals surface area (Å²) in [6.07, 6.45) is -2.81. The van der Waals surface area contributed by atoms with Gasteiger partial charge < -0.3 is 5.73 Å². The molecule has 0 aromatic carbocycles. The Hall–Kier alpha value is -1.86. The van der Waals surface area contributed by atoms with Crippen molar-refractivity contribution in [1.29, 1.82) is 0 Å². The van der Waals surface area contributed by atoms with Gasteiger partial charge in [-0.3, -0.25) is 10.1 Å². The fraction of sp³-hybridized carbons (Fsp3) is 0.167. The van der Waals surface area contributed by atoms with Crippen molar-refractivity contribution < 1.29 is 18.1 Å². The molecular weight excluding hydrogens is 203 g/mol. The summed E-state index contributed by atoms with van der Waals surface area (Å²) in [5, 5.41) is 10.2. The SMILES string of the molecule is Nc1ncc(F)c([N+](=O)[O-])c1C(F)F. The van der Waals surface area contributed by atoms with Crippen LogP contribution in [-0.2, 0) is 0 Å². The van der Waals surface area contributed by atoms with Gasteiger partial charge in [-0.05, 0) is 0 Å². The minimum Gasteiger partial charge on any atom is -0.383 e. The number of hydrogen-bond donors (Lipinski definition) is 1. The van der Waals surface area contributed by atoms with Crippen LogP contribution in [0, 0.1) is 15.9 Å². The third-order valence-corrected chi connectivity index (χ3v) is 1.48. The van der Waals surface area contributed by atoms with E-state index < -0.39 is 34.2 Å². The molecule has 0 amide bonds. The Morgan fingerprint density at radius 1 is 1.57 bits per heavy atom. The van der Waals surface area contributed by atoms with Gasteiger partial charge in [-0.15, -0.1) is 0 Å². The zero-order valence-electron chi connectivity index (χ0n) is 6.58. The second-order valence-electron chi connectivity index (χ2n) is 2.31. The van der Waals surface area contributed by atoms with Crippen molar-refractivity contribution in [1.82, 2.24) is 4.98 Å². The highest BCUT2D eigenvalue weighted by atomic mass is 19.3. The van der Waals surface area contributed by atoms with Gasteiger partial charge in [0, 0.05) is 0 Å². The maximum Gasteiger partial charge on any atom is 0.319 e. The molecule has 8 heteroatoms. The van der Waals surface area contributed by atoms with Crippen LogP contribution in [0.5, 0.6) is 0 Å². The fourth-order valence-electron chi connectivity index (χ4n) is 0.908. The molecule has 0 aliphatic heterocycles. The summed E-state index contributed by atoms with van der Waals surface area (Å²) < 4.78 is 37.2. The van der Waals surface area contributed by atoms with Gasteiger partial charge in [0.1, 0.15) is 11.4 Å². The van der Waals surface area contributed by atoms with Crippen molar-refractivity contribution in [3.05, 3.63) is 27.7 Å². The summed E-state index contributed by atoms with van der Waals surface area (Å²) in [5.74, 6) is -2.17. The van der Waals surface area contributed by atoms with Gasteiger partial charge in [0.15, 0.2) is 0 Å². The molecule has 76 valence electrons. The smallest absolute Gasteiger partial charge is 0.319 e. The lowest BCUT2D eigenvalue weighted by molar-refractivity contribution is -0.389. The van der Waals surface area contributed by atoms with Crippen LogP contribution in [0.2, 0.25) is 0 Å². The summed E-state index contributed by atoms with van der Waals surface area (Å²) in [5.41, 5.74) is 2.46. The number of hydrogen-bond acceptors (Lipinski definition) is 4. The molecule has 2 N–H and O–H groups in total. The van der Waals surface area contributed by atoms with E-state index in [1.807, 2.05) is 0 Å². The van der Waals surface area contributed by atoms with Gasteiger partial charge in [0.2, 0.25) is 5.82 Å². The molecule has 0 bridgehead atoms. The van der Waals surface area contributed by atoms with E-state index in [0.29, 0.717) is 6.20 Å². The minimum absolute atomic E-state index is 0.430. The fourth-order valence-corrected chi connectivity index (χ4v) is 0.908. The summed E-state index contributed by atoms with van der Waals surface area (Å²) in [6, 6.07) is 0. The average Bonchev–Trinajstić information content (AvgIpc) is 2.07. The van der Waals surface area contributed by atoms with Crippen LogP contribution in [0.25, 0.3) is 0 Å². The van der Waals surface area contributed by atoms with E-state index in [4.69, 9.17) is 5.73 Å². The molecule has 0 saturated carbocycles. The predicted molar refractivity (Wildman–Crippen MR) is 40.2 cm³/mol. The van der Waals surface area contributed by atoms with Crippen LogP contribution in [0.3, 0.4) is 0 Å². The molecule has 0 aliphatic rings. The van der Waals surface area contributed by atoms with Crippen LogP contribution >= 0.6 is 0 Å². The molecule has 0 unspecified atom stereocenters. The number of anilines is 1. The minimum atomic E-state index is -3.24. The number of nitrogens with two attached hydrogens (primary N) is 1. The zero-order valence-corrected chi connectivity index (χ0v) is 6.58. The van der Waals surface area contributed by atoms with Crippen molar-refractivity contribution in [2.24, 2.45) is 0 Å². The number of nitrogen functional groups attached to an aromatic ring is 1. The topological polar surface area (TPSA) is 82.0 Å². The number of halogens is 3. The zero-order chi connectivity index (χ0) is 10.9. The lowest BCUT2D eigenvalue weighted by Crippen LogP contribution is -2.05. The third kappa shape index (κ3) is 1.58. The van der Waals surface area contributed by atoms with E-state index >= 15 is 0 Å². The third-order valence-electron chi connectivity index (χ3n) is 1.48. The number of alkyl halides is 2. The molecule has 0 saturated heterocycles. The highest BCUT2D eigenvalue weighted by Gasteiger charge is 2.29. The van der Waals surface area contributed by atoms with Gasteiger partial charge in [0.25, 0.3) is 6.43 Å². The Balaban J connectivity index is 3.50. The highest BCUT2D eigenvalue weighted by molar-refractivity contribution is 5.54. The van der Waals surface area contributed by atoms with E-state index in [-0.39, 0.29) is 0 Å². The van der Waals surface area contributed by atoms with Crippen LogP contribution < -0.4 is 5.73 Å². The summed E-state index contributed by atoms with van der Waals surface area (Å²) >= 11 is 0. The summed E-state index contributed by atoms with van der Waals surface area (Å²) in [7, 11) is 0. The number of aromatic nitrogens is 1. The number of rotatable bonds is 2. The van der Waals surface area contributed by atoms with E-state index in [1.54, 1.807) is 0 Å². The predicted octanol–water partition coefficient (Wildman–Crippen LogP) is 1.65. The van der Waals surface area contributed by atoms with Gasteiger partial charge in [0.05, 0.1) is 11.1 Å². The van der Waals surface area contributed by atoms with Crippen LogP contribution in [0.1, 0.15) is 12.0 Å². The molecule has 1 heterocycles. The normalized spacial score (nSPS) is 10.6. The molecule has 14 heavy (non-hydrogen) atoms. The first kappa shape index (κ1) is 10.2. The second kappa shape index (κ2) is 3.48. The molecular formula is C6H4F3N3O2. The van der Waals surface area contributed by atoms with Crippen molar-refractivity contribution in [3.63, 3.8) is 0 Å². The van der Waals surface area contributed by atoms with E-state index in [9.17, 15) is 23.3 Å². The molecule has 0 atom stereocenters. The average molecular weight is 207 g/mol. The molecule has 0 radical (unpaired) electrons. The van der Waals surface area contributed by atoms with Gasteiger partial charge in [-0.25, -0.2) is 13.8 Å². The van der Waals surface area contributed by atoms with E-state index in [2.05, 4.69) is 4.98 Å². The molecule has 5 nitrogen and oxygen atoms in total. The van der Waals surface area contributed by atoms with Gasteiger partial charge >= 0.3 is 5.69 Å². The molecule has 0 spiro atoms. The van der Waals surface area contributed by atoms with Crippen molar-refractivity contribution in [3.8, 4) is 0 Å². The monoisotopic (exact) mass is 207 g/mol. The first-order chi connectivity index (χ1) is 6.45. The molecule has 1 aromatic rings. The first-order valence-electron chi connectivity index (χ1n) is 3.31. The van der Waals surface area contributed by atoms with E-state index in [0.717, 1.165) is 0 Å². The number of pyridine rings is 1. The maximum atomic E-state index is 12.7. The van der Waals surface area contributed by atoms with Crippen LogP contribution in [0.15, 0.2) is 6.20 Å². The Morgan fingerprint density at radius 3 is 2.50 bits per heavy atom. The van der Waals surface area contributed by atoms with Gasteiger partial charge in [-0.1, -0.05) is 0 Å². The Morgan fingerprint density at radius 2 is 2.14 bits per heavy atom. The summed E-state index contributed by atoms with van der Waals surface area (Å²) in [6.45, 7) is 0. The van der Waals surface area contributed by atoms with Crippen molar-refractivity contribution in [2.45, 2.75) is 6.43 Å². The van der Waals surface area contributed by atoms with Crippen LogP contribution in [-0.4, -0.2) is 9.91 Å². The van der Waals surface area contributed by atoms with E-state index in [1.165, 1.54) is 0 Å². The Kier molecular flexibility index (Phi) is 2.54. The number of nitro groups is 1. The quantitative estimate of drug-likeness (QED) is 0.590. The molecule has 1 rings (SSSR count). The molecule has 1 aromatic heterocycles. The Bertz CT molecular complexity index is 383. The maximum absolute atomic E-state index is 12.7. The molecule has 0 fully saturated rings. The highest BCUT2D eigenvalue weighted by Crippen LogP contribution is 2.33. The standard InChI is InChI=1S/C6H4F3N3O2/c7-2-1-11-6(10)3(5(8)9)4(2)12(13)14/h1,5H,(H2,10,11). The molecule has 0 aliphatic carbocycles. The van der Waals surface area contributed by atoms with Crippen molar-refractivity contribution in [2.75, 3.05) is 5.73 Å².